The lowest BCUT2D eigenvalue weighted by Crippen LogP contribution is -2.32. The molecule has 0 saturated carbocycles. The number of benzene rings is 1. The van der Waals surface area contributed by atoms with Crippen LogP contribution in [0.3, 0.4) is 0 Å². The Morgan fingerprint density at radius 3 is 2.40 bits per heavy atom. The highest BCUT2D eigenvalue weighted by molar-refractivity contribution is 5.70. The van der Waals surface area contributed by atoms with Gasteiger partial charge in [-0.15, -0.1) is 0 Å². The molecular weight excluding hydrogens is 318 g/mol. The van der Waals surface area contributed by atoms with E-state index >= 15 is 0 Å². The molecule has 2 atom stereocenters. The van der Waals surface area contributed by atoms with Gasteiger partial charge in [0, 0.05) is 18.9 Å². The van der Waals surface area contributed by atoms with Crippen LogP contribution >= 0.6 is 0 Å². The van der Waals surface area contributed by atoms with Gasteiger partial charge in [-0.05, 0) is 50.6 Å². The second kappa shape index (κ2) is 9.47. The highest BCUT2D eigenvalue weighted by Gasteiger charge is 2.34. The summed E-state index contributed by atoms with van der Waals surface area (Å²) in [4.78, 5) is 13.6. The lowest BCUT2D eigenvalue weighted by Gasteiger charge is -2.28. The monoisotopic (exact) mass is 347 g/mol. The summed E-state index contributed by atoms with van der Waals surface area (Å²) < 4.78 is 15.3. The third kappa shape index (κ3) is 5.23. The Bertz CT molecular complexity index is 576. The molecule has 0 radical (unpaired) electrons. The number of hydrogen-bond acceptors (Lipinski definition) is 5. The molecule has 25 heavy (non-hydrogen) atoms. The quantitative estimate of drug-likeness (QED) is 0.778. The minimum atomic E-state index is -0.111. The van der Waals surface area contributed by atoms with Crippen LogP contribution in [0.25, 0.3) is 0 Å². The number of hydrogen-bond donors (Lipinski definition) is 0. The van der Waals surface area contributed by atoms with Crippen LogP contribution in [0.2, 0.25) is 0 Å². The molecule has 5 heteroatoms. The van der Waals surface area contributed by atoms with Crippen LogP contribution in [0.1, 0.15) is 32.6 Å². The third-order valence-electron chi connectivity index (χ3n) is 4.84. The number of fused-ring (bicyclic) bond motifs is 1. The third-order valence-corrected chi connectivity index (χ3v) is 4.84. The fourth-order valence-electron chi connectivity index (χ4n) is 3.35. The van der Waals surface area contributed by atoms with E-state index in [-0.39, 0.29) is 5.97 Å². The Balaban J connectivity index is 0.000000196. The smallest absolute Gasteiger partial charge is 0.310 e. The predicted octanol–water partition coefficient (Wildman–Crippen LogP) is 3.64. The van der Waals surface area contributed by atoms with Crippen molar-refractivity contribution in [3.63, 3.8) is 0 Å². The van der Waals surface area contributed by atoms with Gasteiger partial charge in [0.15, 0.2) is 11.5 Å². The molecule has 1 saturated heterocycles. The summed E-state index contributed by atoms with van der Waals surface area (Å²) in [6.45, 7) is 3.01. The van der Waals surface area contributed by atoms with Crippen LogP contribution in [0.5, 0.6) is 11.5 Å². The molecule has 0 N–H and O–H groups in total. The van der Waals surface area contributed by atoms with Gasteiger partial charge >= 0.3 is 5.97 Å². The van der Waals surface area contributed by atoms with E-state index in [2.05, 4.69) is 18.0 Å². The maximum absolute atomic E-state index is 11.2. The lowest BCUT2D eigenvalue weighted by atomic mass is 9.89. The highest BCUT2D eigenvalue weighted by Crippen LogP contribution is 2.35. The number of carbonyl (C=O) groups is 1. The van der Waals surface area contributed by atoms with E-state index in [4.69, 9.17) is 14.2 Å². The van der Waals surface area contributed by atoms with Crippen molar-refractivity contribution in [1.82, 2.24) is 4.90 Å². The average Bonchev–Trinajstić information content (AvgIpc) is 3.02. The minimum Gasteiger partial charge on any atom is -0.493 e. The van der Waals surface area contributed by atoms with Gasteiger partial charge in [0.05, 0.1) is 14.2 Å². The van der Waals surface area contributed by atoms with Gasteiger partial charge in [-0.3, -0.25) is 4.79 Å². The minimum absolute atomic E-state index is 0.111. The summed E-state index contributed by atoms with van der Waals surface area (Å²) in [5.74, 6) is 3.09. The van der Waals surface area contributed by atoms with Crippen LogP contribution in [-0.4, -0.2) is 44.7 Å². The molecule has 0 spiro atoms. The lowest BCUT2D eigenvalue weighted by molar-refractivity contribution is -0.139. The van der Waals surface area contributed by atoms with E-state index in [0.29, 0.717) is 12.5 Å². The number of rotatable bonds is 4. The van der Waals surface area contributed by atoms with Crippen molar-refractivity contribution < 1.29 is 19.0 Å². The first-order valence-electron chi connectivity index (χ1n) is 8.86. The standard InChI is InChI=1S/C12H19NO2.C8H10O2/c1-3-12(14)15-10-5-4-9-6-7-13(2)11(9)8-10;1-9-7-5-3-4-6-8(7)10-2/h5,9,11H,3-4,6-8H2,1-2H3;3-6H,1-2H3. The SMILES string of the molecule is CCC(=O)OC1=CCC2CCN(C)C2C1.COc1ccccc1OC. The Kier molecular flexibility index (Phi) is 7.31. The van der Waals surface area contributed by atoms with Crippen LogP contribution in [0.15, 0.2) is 36.1 Å². The van der Waals surface area contributed by atoms with Crippen molar-refractivity contribution in [2.24, 2.45) is 5.92 Å². The van der Waals surface area contributed by atoms with Crippen LogP contribution in [-0.2, 0) is 9.53 Å². The number of methoxy groups -OCH3 is 2. The first-order chi connectivity index (χ1) is 12.1. The zero-order valence-electron chi connectivity index (χ0n) is 15.7. The van der Waals surface area contributed by atoms with E-state index < -0.39 is 0 Å². The van der Waals surface area contributed by atoms with E-state index in [1.54, 1.807) is 14.2 Å². The Hall–Kier alpha value is -2.01. The fraction of sp³-hybridized carbons (Fsp3) is 0.550. The van der Waals surface area contributed by atoms with Crippen molar-refractivity contribution >= 4 is 5.97 Å². The summed E-state index contributed by atoms with van der Waals surface area (Å²) in [6, 6.07) is 8.12. The largest absolute Gasteiger partial charge is 0.493 e. The van der Waals surface area contributed by atoms with Crippen molar-refractivity contribution in [3.8, 4) is 11.5 Å². The number of ether oxygens (including phenoxy) is 3. The van der Waals surface area contributed by atoms with Crippen molar-refractivity contribution in [2.75, 3.05) is 27.8 Å². The van der Waals surface area contributed by atoms with E-state index in [0.717, 1.165) is 36.0 Å². The molecule has 1 aromatic carbocycles. The van der Waals surface area contributed by atoms with Gasteiger partial charge in [-0.2, -0.15) is 0 Å². The Labute approximate surface area is 150 Å². The molecule has 3 rings (SSSR count). The topological polar surface area (TPSA) is 48.0 Å². The summed E-state index contributed by atoms with van der Waals surface area (Å²) in [7, 11) is 5.41. The molecule has 5 nitrogen and oxygen atoms in total. The molecule has 138 valence electrons. The molecule has 2 unspecified atom stereocenters. The van der Waals surface area contributed by atoms with E-state index in [1.807, 2.05) is 31.2 Å². The van der Waals surface area contributed by atoms with Crippen LogP contribution < -0.4 is 9.47 Å². The molecular formula is C20H29NO4. The summed E-state index contributed by atoms with van der Waals surface area (Å²) >= 11 is 0. The maximum atomic E-state index is 11.2. The normalized spacial score (nSPS) is 22.2. The summed E-state index contributed by atoms with van der Waals surface area (Å²) in [6.07, 6.45) is 5.83. The first kappa shape index (κ1) is 19.3. The fourth-order valence-corrected chi connectivity index (χ4v) is 3.35. The van der Waals surface area contributed by atoms with Gasteiger partial charge in [-0.1, -0.05) is 19.1 Å². The van der Waals surface area contributed by atoms with Gasteiger partial charge in [-0.25, -0.2) is 0 Å². The van der Waals surface area contributed by atoms with Crippen molar-refractivity contribution in [3.05, 3.63) is 36.1 Å². The molecule has 0 aromatic heterocycles. The van der Waals surface area contributed by atoms with Crippen molar-refractivity contribution in [2.45, 2.75) is 38.6 Å². The van der Waals surface area contributed by atoms with Gasteiger partial charge < -0.3 is 19.1 Å². The van der Waals surface area contributed by atoms with Crippen LogP contribution in [0.4, 0.5) is 0 Å². The number of likely N-dealkylation sites (tertiary alicyclic amines) is 1. The second-order valence-electron chi connectivity index (χ2n) is 6.39. The van der Waals surface area contributed by atoms with Gasteiger partial charge in [0.1, 0.15) is 5.76 Å². The molecule has 1 heterocycles. The first-order valence-corrected chi connectivity index (χ1v) is 8.86. The average molecular weight is 347 g/mol. The molecule has 1 fully saturated rings. The predicted molar refractivity (Wildman–Crippen MR) is 97.8 cm³/mol. The molecule has 1 aliphatic carbocycles. The van der Waals surface area contributed by atoms with E-state index in [9.17, 15) is 4.79 Å². The molecule has 0 amide bonds. The highest BCUT2D eigenvalue weighted by atomic mass is 16.5. The Morgan fingerprint density at radius 1 is 1.20 bits per heavy atom. The number of allylic oxidation sites excluding steroid dienone is 1. The van der Waals surface area contributed by atoms with Crippen LogP contribution in [0, 0.1) is 5.92 Å². The van der Waals surface area contributed by atoms with Crippen molar-refractivity contribution in [1.29, 1.82) is 0 Å². The number of para-hydroxylation sites is 2. The zero-order chi connectivity index (χ0) is 18.2. The molecule has 1 aromatic rings. The number of nitrogens with zero attached hydrogens (tertiary/aromatic N) is 1. The summed E-state index contributed by atoms with van der Waals surface area (Å²) in [5.41, 5.74) is 0. The maximum Gasteiger partial charge on any atom is 0.310 e. The summed E-state index contributed by atoms with van der Waals surface area (Å²) in [5, 5.41) is 0. The second-order valence-corrected chi connectivity index (χ2v) is 6.39. The van der Waals surface area contributed by atoms with Gasteiger partial charge in [0.2, 0.25) is 0 Å². The molecule has 0 bridgehead atoms. The number of esters is 1. The Morgan fingerprint density at radius 2 is 1.84 bits per heavy atom. The zero-order valence-corrected chi connectivity index (χ0v) is 15.7. The molecule has 1 aliphatic heterocycles. The molecule has 2 aliphatic rings. The number of carbonyl (C=O) groups excluding carboxylic acids is 1. The van der Waals surface area contributed by atoms with E-state index in [1.165, 1.54) is 13.0 Å². The van der Waals surface area contributed by atoms with Gasteiger partial charge in [0.25, 0.3) is 0 Å².